The van der Waals surface area contributed by atoms with Crippen molar-refractivity contribution < 1.29 is 27.5 Å². The Labute approximate surface area is 154 Å². The third-order valence-corrected chi connectivity index (χ3v) is 4.00. The van der Waals surface area contributed by atoms with Crippen LogP contribution < -0.4 is 10.1 Å². The summed E-state index contributed by atoms with van der Waals surface area (Å²) >= 11 is 11.6. The van der Waals surface area contributed by atoms with Gasteiger partial charge >= 0.3 is 6.18 Å². The van der Waals surface area contributed by atoms with Gasteiger partial charge in [0, 0.05) is 12.1 Å². The Morgan fingerprint density at radius 3 is 2.62 bits per heavy atom. The number of alkyl halides is 3. The molecule has 0 bridgehead atoms. The van der Waals surface area contributed by atoms with E-state index in [2.05, 4.69) is 15.5 Å². The molecular formula is C15H10Cl2F3N3O3. The number of hydrogen-bond donors (Lipinski definition) is 2. The highest BCUT2D eigenvalue weighted by Gasteiger charge is 2.42. The minimum Gasteiger partial charge on any atom is -0.455 e. The summed E-state index contributed by atoms with van der Waals surface area (Å²) in [6, 6.07) is 5.37. The van der Waals surface area contributed by atoms with E-state index in [-0.39, 0.29) is 33.8 Å². The zero-order valence-corrected chi connectivity index (χ0v) is 14.2. The molecule has 0 saturated heterocycles. The Bertz CT molecular complexity index is 867. The lowest BCUT2D eigenvalue weighted by atomic mass is 10.2. The number of benzene rings is 1. The van der Waals surface area contributed by atoms with Gasteiger partial charge in [-0.3, -0.25) is 0 Å². The van der Waals surface area contributed by atoms with Crippen molar-refractivity contribution in [3.05, 3.63) is 57.7 Å². The second kappa shape index (κ2) is 7.18. The molecule has 1 aliphatic rings. The number of aliphatic imine (C=N–C) groups is 1. The lowest BCUT2D eigenvalue weighted by Gasteiger charge is -2.26. The van der Waals surface area contributed by atoms with Gasteiger partial charge in [-0.1, -0.05) is 28.4 Å². The molecule has 26 heavy (non-hydrogen) atoms. The summed E-state index contributed by atoms with van der Waals surface area (Å²) in [7, 11) is 0. The third-order valence-electron chi connectivity index (χ3n) is 3.26. The first kappa shape index (κ1) is 18.6. The molecule has 1 unspecified atom stereocenters. The predicted octanol–water partition coefficient (Wildman–Crippen LogP) is 3.70. The fourth-order valence-electron chi connectivity index (χ4n) is 2.14. The second-order valence-electron chi connectivity index (χ2n) is 5.14. The van der Waals surface area contributed by atoms with Gasteiger partial charge in [0.15, 0.2) is 11.5 Å². The molecule has 0 spiro atoms. The van der Waals surface area contributed by atoms with Crippen LogP contribution in [0.3, 0.4) is 0 Å². The minimum absolute atomic E-state index is 0.0362. The molecule has 1 aromatic carbocycles. The molecular weight excluding hydrogens is 398 g/mol. The number of halogens is 5. The maximum absolute atomic E-state index is 13.4. The third kappa shape index (κ3) is 4.12. The normalized spacial score (nSPS) is 17.8. The molecule has 138 valence electrons. The number of amidine groups is 1. The summed E-state index contributed by atoms with van der Waals surface area (Å²) in [5.74, 6) is -0.718. The summed E-state index contributed by atoms with van der Waals surface area (Å²) in [5.41, 5.74) is -1.28. The number of aliphatic hydroxyl groups excluding tert-OH is 1. The van der Waals surface area contributed by atoms with Gasteiger partial charge in [0.2, 0.25) is 6.23 Å². The van der Waals surface area contributed by atoms with Gasteiger partial charge in [0.25, 0.3) is 0 Å². The molecule has 0 aliphatic carbocycles. The zero-order valence-electron chi connectivity index (χ0n) is 12.7. The van der Waals surface area contributed by atoms with Crippen LogP contribution in [0.15, 0.2) is 51.4 Å². The van der Waals surface area contributed by atoms with E-state index in [0.717, 1.165) is 0 Å². The topological polar surface area (TPSA) is 79.9 Å². The van der Waals surface area contributed by atoms with E-state index in [4.69, 9.17) is 32.5 Å². The van der Waals surface area contributed by atoms with Crippen LogP contribution in [-0.2, 0) is 6.42 Å². The molecule has 0 radical (unpaired) electrons. The van der Waals surface area contributed by atoms with Crippen molar-refractivity contribution >= 4 is 29.0 Å². The Morgan fingerprint density at radius 2 is 2.00 bits per heavy atom. The van der Waals surface area contributed by atoms with Crippen LogP contribution in [0, 0.1) is 0 Å². The SMILES string of the molecule is OC1N=C(Cc2ccno2)NC(C(F)(F)F)=C1Oc1ccc(Cl)c(Cl)c1. The number of nitrogens with one attached hydrogen (secondary N) is 1. The van der Waals surface area contributed by atoms with Crippen molar-refractivity contribution in [3.8, 4) is 5.75 Å². The van der Waals surface area contributed by atoms with Gasteiger partial charge in [-0.05, 0) is 12.1 Å². The largest absolute Gasteiger partial charge is 0.455 e. The zero-order chi connectivity index (χ0) is 18.9. The van der Waals surface area contributed by atoms with Crippen molar-refractivity contribution in [2.75, 3.05) is 0 Å². The van der Waals surface area contributed by atoms with Crippen LogP contribution in [0.4, 0.5) is 13.2 Å². The van der Waals surface area contributed by atoms with Gasteiger partial charge in [-0.15, -0.1) is 0 Å². The number of aliphatic hydroxyl groups is 1. The van der Waals surface area contributed by atoms with Gasteiger partial charge in [-0.25, -0.2) is 4.99 Å². The first-order valence-electron chi connectivity index (χ1n) is 7.09. The highest BCUT2D eigenvalue weighted by atomic mass is 35.5. The average molecular weight is 408 g/mol. The predicted molar refractivity (Wildman–Crippen MR) is 87.0 cm³/mol. The Morgan fingerprint density at radius 1 is 1.23 bits per heavy atom. The maximum atomic E-state index is 13.4. The molecule has 0 fully saturated rings. The number of hydrogen-bond acceptors (Lipinski definition) is 6. The van der Waals surface area contributed by atoms with E-state index in [0.29, 0.717) is 0 Å². The average Bonchev–Trinajstić information content (AvgIpc) is 3.05. The number of ether oxygens (including phenoxy) is 1. The van der Waals surface area contributed by atoms with Crippen molar-refractivity contribution in [2.45, 2.75) is 18.8 Å². The fourth-order valence-corrected chi connectivity index (χ4v) is 2.43. The van der Waals surface area contributed by atoms with Crippen LogP contribution in [0.5, 0.6) is 5.75 Å². The van der Waals surface area contributed by atoms with E-state index in [1.54, 1.807) is 0 Å². The smallest absolute Gasteiger partial charge is 0.434 e. The second-order valence-corrected chi connectivity index (χ2v) is 5.96. The van der Waals surface area contributed by atoms with E-state index in [9.17, 15) is 18.3 Å². The first-order valence-corrected chi connectivity index (χ1v) is 7.85. The van der Waals surface area contributed by atoms with Crippen LogP contribution in [-0.4, -0.2) is 28.5 Å². The fraction of sp³-hybridized carbons (Fsp3) is 0.200. The number of nitrogens with zero attached hydrogens (tertiary/aromatic N) is 2. The van der Waals surface area contributed by atoms with Gasteiger partial charge in [-0.2, -0.15) is 13.2 Å². The number of allylic oxidation sites excluding steroid dienone is 1. The highest BCUT2D eigenvalue weighted by Crippen LogP contribution is 2.33. The molecule has 2 heterocycles. The van der Waals surface area contributed by atoms with Crippen molar-refractivity contribution in [3.63, 3.8) is 0 Å². The van der Waals surface area contributed by atoms with Crippen LogP contribution in [0.1, 0.15) is 5.76 Å². The Balaban J connectivity index is 1.90. The van der Waals surface area contributed by atoms with Gasteiger partial charge < -0.3 is 19.7 Å². The first-order chi connectivity index (χ1) is 12.2. The summed E-state index contributed by atoms with van der Waals surface area (Å²) in [6.07, 6.45) is -5.47. The van der Waals surface area contributed by atoms with E-state index >= 15 is 0 Å². The molecule has 1 aliphatic heterocycles. The van der Waals surface area contributed by atoms with E-state index in [1.807, 2.05) is 0 Å². The molecule has 2 aromatic rings. The molecule has 1 aromatic heterocycles. The quantitative estimate of drug-likeness (QED) is 0.807. The minimum atomic E-state index is -4.82. The lowest BCUT2D eigenvalue weighted by molar-refractivity contribution is -0.0999. The molecule has 11 heteroatoms. The molecule has 0 saturated carbocycles. The maximum Gasteiger partial charge on any atom is 0.434 e. The number of rotatable bonds is 4. The summed E-state index contributed by atoms with van der Waals surface area (Å²) < 4.78 is 50.3. The van der Waals surface area contributed by atoms with Crippen molar-refractivity contribution in [1.82, 2.24) is 10.5 Å². The standard InChI is InChI=1S/C15H10Cl2F3N3O3/c16-9-2-1-7(5-10(9)17)25-12-13(15(18,19)20)22-11(23-14(12)24)6-8-3-4-21-26-8/h1-5,14,24H,6H2,(H,22,23). The van der Waals surface area contributed by atoms with Crippen molar-refractivity contribution in [2.24, 2.45) is 4.99 Å². The van der Waals surface area contributed by atoms with Crippen molar-refractivity contribution in [1.29, 1.82) is 0 Å². The van der Waals surface area contributed by atoms with Crippen LogP contribution in [0.25, 0.3) is 0 Å². The van der Waals surface area contributed by atoms with E-state index in [1.165, 1.54) is 30.5 Å². The summed E-state index contributed by atoms with van der Waals surface area (Å²) in [6.45, 7) is 0. The van der Waals surface area contributed by atoms with Gasteiger partial charge in [0.1, 0.15) is 17.3 Å². The Kier molecular flexibility index (Phi) is 5.12. The molecule has 0 amide bonds. The molecule has 2 N–H and O–H groups in total. The molecule has 1 atom stereocenters. The monoisotopic (exact) mass is 407 g/mol. The highest BCUT2D eigenvalue weighted by molar-refractivity contribution is 6.42. The Hall–Kier alpha value is -2.23. The van der Waals surface area contributed by atoms with Crippen LogP contribution in [0.2, 0.25) is 10.0 Å². The molecule has 6 nitrogen and oxygen atoms in total. The van der Waals surface area contributed by atoms with E-state index < -0.39 is 23.9 Å². The van der Waals surface area contributed by atoms with Crippen LogP contribution >= 0.6 is 23.2 Å². The number of aromatic nitrogens is 1. The summed E-state index contributed by atoms with van der Waals surface area (Å²) in [5, 5.41) is 16.0. The lowest BCUT2D eigenvalue weighted by Crippen LogP contribution is -2.41. The summed E-state index contributed by atoms with van der Waals surface area (Å²) in [4.78, 5) is 3.77. The molecule has 3 rings (SSSR count). The van der Waals surface area contributed by atoms with Gasteiger partial charge in [0.05, 0.1) is 22.7 Å².